The molecule has 0 radical (unpaired) electrons. The third-order valence-corrected chi connectivity index (χ3v) is 5.68. The molecule has 14 nitrogen and oxygen atoms in total. The molecule has 1 aromatic rings. The van der Waals surface area contributed by atoms with Gasteiger partial charge in [-0.3, -0.25) is 0 Å². The molecule has 1 rings (SSSR count). The number of carboxylic acid groups (broad SMARTS) is 1. The van der Waals surface area contributed by atoms with E-state index in [0.29, 0.717) is 56.7 Å². The van der Waals surface area contributed by atoms with Gasteiger partial charge in [0.05, 0.1) is 25.4 Å². The van der Waals surface area contributed by atoms with Crippen molar-refractivity contribution in [3.8, 4) is 17.2 Å². The molecule has 0 atom stereocenters. The number of unbranched alkanes of at least 4 members (excludes halogenated alkanes) is 9. The summed E-state index contributed by atoms with van der Waals surface area (Å²) in [6.45, 7) is 2.57. The fraction of sp³-hybridized carbons (Fsp3) is 0.720. The minimum absolute atomic E-state index is 0.0501. The Balaban J connectivity index is 2.79. The van der Waals surface area contributed by atoms with Crippen molar-refractivity contribution < 1.29 is 24.1 Å². The van der Waals surface area contributed by atoms with Crippen LogP contribution in [0.4, 0.5) is 0 Å². The van der Waals surface area contributed by atoms with Crippen molar-refractivity contribution in [3.05, 3.63) is 49.0 Å². The van der Waals surface area contributed by atoms with E-state index in [1.165, 1.54) is 12.1 Å². The van der Waals surface area contributed by atoms with Crippen LogP contribution in [0.15, 0.2) is 27.5 Å². The van der Waals surface area contributed by atoms with E-state index < -0.39 is 5.97 Å². The van der Waals surface area contributed by atoms with E-state index in [9.17, 15) is 9.90 Å². The van der Waals surface area contributed by atoms with Gasteiger partial charge in [-0.25, -0.2) is 4.79 Å². The van der Waals surface area contributed by atoms with Gasteiger partial charge in [0.15, 0.2) is 11.5 Å². The van der Waals surface area contributed by atoms with E-state index >= 15 is 0 Å². The van der Waals surface area contributed by atoms with Crippen molar-refractivity contribution >= 4 is 5.97 Å². The second-order valence-corrected chi connectivity index (χ2v) is 8.76. The van der Waals surface area contributed by atoms with Gasteiger partial charge in [-0.15, -0.1) is 0 Å². The number of carboxylic acids is 1. The molecule has 0 amide bonds. The highest BCUT2D eigenvalue weighted by molar-refractivity contribution is 5.89. The number of nitrogens with zero attached hydrogens (tertiary/aromatic N) is 9. The Labute approximate surface area is 228 Å². The summed E-state index contributed by atoms with van der Waals surface area (Å²) in [5.41, 5.74) is 25.1. The molecule has 0 bridgehead atoms. The lowest BCUT2D eigenvalue weighted by atomic mass is 10.1. The SMILES string of the molecule is [N-]=[N+]=NCCCCCCOc1cc(C(=O)O)cc(OCCCCCCN=[N+]=[N-])c1OCCCCCCN=[N+]=[N-]. The number of aromatic carboxylic acids is 1. The zero-order chi connectivity index (χ0) is 28.4. The molecule has 0 heterocycles. The summed E-state index contributed by atoms with van der Waals surface area (Å²) in [6, 6.07) is 2.92. The smallest absolute Gasteiger partial charge is 0.335 e. The Morgan fingerprint density at radius 3 is 1.33 bits per heavy atom. The topological polar surface area (TPSA) is 211 Å². The van der Waals surface area contributed by atoms with Crippen LogP contribution in [0.3, 0.4) is 0 Å². The maximum absolute atomic E-state index is 11.8. The highest BCUT2D eigenvalue weighted by Crippen LogP contribution is 2.39. The first-order valence-corrected chi connectivity index (χ1v) is 13.5. The third-order valence-electron chi connectivity index (χ3n) is 5.68. The highest BCUT2D eigenvalue weighted by Gasteiger charge is 2.18. The Morgan fingerprint density at radius 1 is 0.615 bits per heavy atom. The number of azide groups is 3. The second-order valence-electron chi connectivity index (χ2n) is 8.76. The van der Waals surface area contributed by atoms with E-state index in [4.69, 9.17) is 30.8 Å². The first-order valence-electron chi connectivity index (χ1n) is 13.5. The van der Waals surface area contributed by atoms with Gasteiger partial charge < -0.3 is 19.3 Å². The average molecular weight is 546 g/mol. The molecule has 39 heavy (non-hydrogen) atoms. The van der Waals surface area contributed by atoms with Crippen LogP contribution in [-0.2, 0) is 0 Å². The van der Waals surface area contributed by atoms with Gasteiger partial charge >= 0.3 is 5.97 Å². The second kappa shape index (κ2) is 23.2. The van der Waals surface area contributed by atoms with Gasteiger partial charge in [0, 0.05) is 34.4 Å². The van der Waals surface area contributed by atoms with Crippen LogP contribution < -0.4 is 14.2 Å². The number of carbonyl (C=O) groups is 1. The summed E-state index contributed by atoms with van der Waals surface area (Å²) >= 11 is 0. The Hall–Kier alpha value is -3.98. The molecule has 0 aromatic heterocycles. The van der Waals surface area contributed by atoms with Crippen molar-refractivity contribution in [2.45, 2.75) is 77.0 Å². The van der Waals surface area contributed by atoms with Crippen LogP contribution in [0.5, 0.6) is 17.2 Å². The molecule has 0 aliphatic heterocycles. The summed E-state index contributed by atoms with van der Waals surface area (Å²) in [7, 11) is 0. The first-order chi connectivity index (χ1) is 19.1. The molecule has 0 saturated heterocycles. The van der Waals surface area contributed by atoms with Crippen LogP contribution in [0.1, 0.15) is 87.4 Å². The normalized spacial score (nSPS) is 10.1. The minimum atomic E-state index is -1.09. The van der Waals surface area contributed by atoms with E-state index in [0.717, 1.165) is 77.0 Å². The number of hydrogen-bond donors (Lipinski definition) is 1. The quantitative estimate of drug-likeness (QED) is 0.0555. The van der Waals surface area contributed by atoms with Gasteiger partial charge in [0.1, 0.15) is 0 Å². The molecule has 1 N–H and O–H groups in total. The van der Waals surface area contributed by atoms with Gasteiger partial charge in [-0.1, -0.05) is 53.9 Å². The fourth-order valence-electron chi connectivity index (χ4n) is 3.64. The van der Waals surface area contributed by atoms with E-state index in [-0.39, 0.29) is 5.56 Å². The van der Waals surface area contributed by atoms with E-state index in [1.54, 1.807) is 0 Å². The van der Waals surface area contributed by atoms with E-state index in [1.807, 2.05) is 0 Å². The summed E-state index contributed by atoms with van der Waals surface area (Å²) in [4.78, 5) is 20.0. The Morgan fingerprint density at radius 2 is 0.974 bits per heavy atom. The minimum Gasteiger partial charge on any atom is -0.490 e. The summed E-state index contributed by atoms with van der Waals surface area (Å²) in [5, 5.41) is 20.2. The lowest BCUT2D eigenvalue weighted by Gasteiger charge is -2.18. The molecule has 0 spiro atoms. The maximum atomic E-state index is 11.8. The summed E-state index contributed by atoms with van der Waals surface area (Å²) in [5.74, 6) is -0.0402. The van der Waals surface area contributed by atoms with Crippen molar-refractivity contribution in [1.82, 2.24) is 0 Å². The van der Waals surface area contributed by atoms with Crippen LogP contribution in [0.2, 0.25) is 0 Å². The van der Waals surface area contributed by atoms with Crippen LogP contribution >= 0.6 is 0 Å². The summed E-state index contributed by atoms with van der Waals surface area (Å²) < 4.78 is 18.0. The summed E-state index contributed by atoms with van der Waals surface area (Å²) in [6.07, 6.45) is 10.1. The van der Waals surface area contributed by atoms with Gasteiger partial charge in [-0.2, -0.15) is 0 Å². The number of rotatable bonds is 25. The number of hydrogen-bond acceptors (Lipinski definition) is 7. The first kappa shape index (κ1) is 33.0. The zero-order valence-electron chi connectivity index (χ0n) is 22.5. The van der Waals surface area contributed by atoms with Gasteiger partial charge in [-0.05, 0) is 67.3 Å². The molecular formula is C25H39N9O5. The predicted molar refractivity (Wildman–Crippen MR) is 147 cm³/mol. The average Bonchev–Trinajstić information content (AvgIpc) is 2.93. The standard InChI is InChI=1S/C25H39N9O5/c26-32-29-13-7-1-4-10-16-37-22-19-21(25(35)36)20-23(38-17-11-5-2-8-14-30-33-27)24(22)39-18-12-6-3-9-15-31-34-28/h19-20H,1-18H2,(H,35,36). The van der Waals surface area contributed by atoms with E-state index in [2.05, 4.69) is 30.1 Å². The van der Waals surface area contributed by atoms with Crippen LogP contribution in [0, 0.1) is 0 Å². The van der Waals surface area contributed by atoms with Crippen molar-refractivity contribution in [1.29, 1.82) is 0 Å². The zero-order valence-corrected chi connectivity index (χ0v) is 22.5. The molecule has 0 unspecified atom stereocenters. The van der Waals surface area contributed by atoms with Gasteiger partial charge in [0.25, 0.3) is 0 Å². The predicted octanol–water partition coefficient (Wildman–Crippen LogP) is 8.13. The Bertz CT molecular complexity index is 935. The molecule has 0 aliphatic carbocycles. The highest BCUT2D eigenvalue weighted by atomic mass is 16.5. The molecular weight excluding hydrogens is 506 g/mol. The van der Waals surface area contributed by atoms with Crippen molar-refractivity contribution in [2.75, 3.05) is 39.5 Å². The monoisotopic (exact) mass is 545 g/mol. The fourth-order valence-corrected chi connectivity index (χ4v) is 3.64. The van der Waals surface area contributed by atoms with Crippen molar-refractivity contribution in [2.24, 2.45) is 15.3 Å². The Kier molecular flexibility index (Phi) is 19.6. The van der Waals surface area contributed by atoms with Crippen molar-refractivity contribution in [3.63, 3.8) is 0 Å². The molecule has 1 aromatic carbocycles. The molecule has 0 aliphatic rings. The third kappa shape index (κ3) is 16.5. The number of ether oxygens (including phenoxy) is 3. The number of benzene rings is 1. The largest absolute Gasteiger partial charge is 0.490 e. The molecule has 0 saturated carbocycles. The molecule has 0 fully saturated rings. The lowest BCUT2D eigenvalue weighted by Crippen LogP contribution is -2.08. The van der Waals surface area contributed by atoms with Crippen LogP contribution in [0.25, 0.3) is 31.3 Å². The molecule has 14 heteroatoms. The van der Waals surface area contributed by atoms with Gasteiger partial charge in [0.2, 0.25) is 5.75 Å². The maximum Gasteiger partial charge on any atom is 0.335 e. The lowest BCUT2D eigenvalue weighted by molar-refractivity contribution is 0.0695. The van der Waals surface area contributed by atoms with Crippen LogP contribution in [-0.4, -0.2) is 50.5 Å². The molecule has 214 valence electrons.